The number of halogens is 1. The van der Waals surface area contributed by atoms with Crippen molar-refractivity contribution in [3.05, 3.63) is 68.7 Å². The quantitative estimate of drug-likeness (QED) is 0.445. The number of nitro groups is 1. The number of hydrogen-bond acceptors (Lipinski definition) is 6. The second-order valence-electron chi connectivity index (χ2n) is 5.80. The van der Waals surface area contributed by atoms with Gasteiger partial charge in [0.15, 0.2) is 0 Å². The van der Waals surface area contributed by atoms with Crippen LogP contribution >= 0.6 is 15.9 Å². The molecule has 3 aromatic rings. The third-order valence-electron chi connectivity index (χ3n) is 4.06. The van der Waals surface area contributed by atoms with Crippen LogP contribution in [0.3, 0.4) is 0 Å². The Morgan fingerprint density at radius 1 is 1.21 bits per heavy atom. The first-order valence-electron chi connectivity index (χ1n) is 8.32. The van der Waals surface area contributed by atoms with Crippen molar-refractivity contribution >= 4 is 27.4 Å². The van der Waals surface area contributed by atoms with Gasteiger partial charge >= 0.3 is 0 Å². The van der Waals surface area contributed by atoms with Gasteiger partial charge < -0.3 is 10.5 Å². The third-order valence-corrected chi connectivity index (χ3v) is 4.56. The molecule has 0 aliphatic rings. The maximum atomic E-state index is 10.9. The third kappa shape index (κ3) is 3.80. The molecule has 1 aromatic heterocycles. The van der Waals surface area contributed by atoms with E-state index in [0.29, 0.717) is 34.7 Å². The summed E-state index contributed by atoms with van der Waals surface area (Å²) >= 11 is 3.45. The molecule has 0 saturated heterocycles. The highest BCUT2D eigenvalue weighted by Gasteiger charge is 2.17. The number of nitrogens with zero attached hydrogens (tertiary/aromatic N) is 3. The Hall–Kier alpha value is -3.44. The van der Waals surface area contributed by atoms with Crippen molar-refractivity contribution in [2.75, 3.05) is 12.3 Å². The molecule has 28 heavy (non-hydrogen) atoms. The molecule has 0 aliphatic heterocycles. The van der Waals surface area contributed by atoms with Gasteiger partial charge in [-0.2, -0.15) is 5.26 Å². The molecule has 0 aliphatic carbocycles. The lowest BCUT2D eigenvalue weighted by Gasteiger charge is -2.14. The van der Waals surface area contributed by atoms with E-state index in [4.69, 9.17) is 10.5 Å². The van der Waals surface area contributed by atoms with E-state index in [2.05, 4.69) is 27.0 Å². The molecular formula is C20H15BrN4O3. The smallest absolute Gasteiger partial charge is 0.269 e. The monoisotopic (exact) mass is 438 g/mol. The number of nitrogens with two attached hydrogens (primary N) is 1. The van der Waals surface area contributed by atoms with E-state index >= 15 is 0 Å². The van der Waals surface area contributed by atoms with E-state index in [1.54, 1.807) is 18.2 Å². The van der Waals surface area contributed by atoms with Crippen LogP contribution in [0.4, 0.5) is 11.5 Å². The average Bonchev–Trinajstić information content (AvgIpc) is 2.69. The first-order valence-corrected chi connectivity index (χ1v) is 9.12. The van der Waals surface area contributed by atoms with Crippen molar-refractivity contribution < 1.29 is 9.66 Å². The Labute approximate surface area is 169 Å². The van der Waals surface area contributed by atoms with Crippen LogP contribution in [0.5, 0.6) is 5.75 Å². The number of aromatic nitrogens is 1. The summed E-state index contributed by atoms with van der Waals surface area (Å²) in [6.07, 6.45) is 0. The fourth-order valence-electron chi connectivity index (χ4n) is 2.79. The van der Waals surface area contributed by atoms with E-state index in [-0.39, 0.29) is 17.1 Å². The van der Waals surface area contributed by atoms with Crippen LogP contribution in [-0.4, -0.2) is 16.5 Å². The number of benzene rings is 2. The molecule has 0 atom stereocenters. The van der Waals surface area contributed by atoms with Gasteiger partial charge in [-0.1, -0.05) is 15.9 Å². The standard InChI is InChI=1S/C20H15BrN4O3/c1-2-28-19-8-5-13(21)9-16(19)15-10-18(24-20(23)17(15)11-22)12-3-6-14(7-4-12)25(26)27/h3-10H,2H2,1H3,(H2,23,24). The van der Waals surface area contributed by atoms with Crippen LogP contribution in [0.25, 0.3) is 22.4 Å². The SMILES string of the molecule is CCOc1ccc(Br)cc1-c1cc(-c2ccc([N+](=O)[O-])cc2)nc(N)c1C#N. The summed E-state index contributed by atoms with van der Waals surface area (Å²) in [6, 6.07) is 15.3. The van der Waals surface area contributed by atoms with Crippen molar-refractivity contribution in [3.8, 4) is 34.2 Å². The maximum Gasteiger partial charge on any atom is 0.269 e. The molecule has 2 N–H and O–H groups in total. The number of non-ortho nitro benzene ring substituents is 1. The van der Waals surface area contributed by atoms with Gasteiger partial charge in [0.2, 0.25) is 0 Å². The number of ether oxygens (including phenoxy) is 1. The van der Waals surface area contributed by atoms with Gasteiger partial charge in [0.25, 0.3) is 5.69 Å². The normalized spacial score (nSPS) is 10.3. The zero-order chi connectivity index (χ0) is 20.3. The summed E-state index contributed by atoms with van der Waals surface area (Å²) in [7, 11) is 0. The Morgan fingerprint density at radius 2 is 1.93 bits per heavy atom. The Balaban J connectivity index is 2.21. The number of hydrogen-bond donors (Lipinski definition) is 1. The molecule has 0 saturated carbocycles. The number of pyridine rings is 1. The molecule has 0 radical (unpaired) electrons. The predicted octanol–water partition coefficient (Wildman–Crippen LogP) is 4.94. The summed E-state index contributed by atoms with van der Waals surface area (Å²) in [6.45, 7) is 2.34. The molecule has 0 amide bonds. The molecule has 0 bridgehead atoms. The van der Waals surface area contributed by atoms with Gasteiger partial charge in [-0.05, 0) is 43.3 Å². The lowest BCUT2D eigenvalue weighted by atomic mass is 9.97. The highest BCUT2D eigenvalue weighted by molar-refractivity contribution is 9.10. The fourth-order valence-corrected chi connectivity index (χ4v) is 3.15. The minimum absolute atomic E-state index is 0.0174. The molecule has 0 fully saturated rings. The molecule has 7 nitrogen and oxygen atoms in total. The van der Waals surface area contributed by atoms with E-state index in [1.165, 1.54) is 12.1 Å². The highest BCUT2D eigenvalue weighted by Crippen LogP contribution is 2.38. The molecule has 140 valence electrons. The van der Waals surface area contributed by atoms with Crippen LogP contribution < -0.4 is 10.5 Å². The summed E-state index contributed by atoms with van der Waals surface area (Å²) in [5.41, 5.74) is 8.70. The van der Waals surface area contributed by atoms with E-state index < -0.39 is 4.92 Å². The first-order chi connectivity index (χ1) is 13.4. The Bertz CT molecular complexity index is 1090. The van der Waals surface area contributed by atoms with Crippen molar-refractivity contribution in [2.24, 2.45) is 0 Å². The van der Waals surface area contributed by atoms with Gasteiger partial charge in [-0.15, -0.1) is 0 Å². The molecule has 1 heterocycles. The number of anilines is 1. The summed E-state index contributed by atoms with van der Waals surface area (Å²) in [4.78, 5) is 14.7. The summed E-state index contributed by atoms with van der Waals surface area (Å²) in [5.74, 6) is 0.693. The minimum atomic E-state index is -0.467. The Morgan fingerprint density at radius 3 is 2.54 bits per heavy atom. The first kappa shape index (κ1) is 19.3. The van der Waals surface area contributed by atoms with Crippen molar-refractivity contribution in [3.63, 3.8) is 0 Å². The van der Waals surface area contributed by atoms with Gasteiger partial charge in [-0.25, -0.2) is 4.98 Å². The van der Waals surface area contributed by atoms with Gasteiger partial charge in [0.1, 0.15) is 23.2 Å². The second-order valence-corrected chi connectivity index (χ2v) is 6.72. The topological polar surface area (TPSA) is 115 Å². The lowest BCUT2D eigenvalue weighted by molar-refractivity contribution is -0.384. The van der Waals surface area contributed by atoms with Crippen LogP contribution in [0, 0.1) is 21.4 Å². The van der Waals surface area contributed by atoms with E-state index in [1.807, 2.05) is 25.1 Å². The van der Waals surface area contributed by atoms with Crippen LogP contribution in [0.2, 0.25) is 0 Å². The van der Waals surface area contributed by atoms with E-state index in [0.717, 1.165) is 4.47 Å². The molecule has 8 heteroatoms. The number of nitro benzene ring substituents is 1. The van der Waals surface area contributed by atoms with Gasteiger partial charge in [0.05, 0.1) is 17.2 Å². The number of nitrogen functional groups attached to an aromatic ring is 1. The molecule has 0 unspecified atom stereocenters. The maximum absolute atomic E-state index is 10.9. The molecule has 3 rings (SSSR count). The lowest BCUT2D eigenvalue weighted by Crippen LogP contribution is -2.01. The largest absolute Gasteiger partial charge is 0.493 e. The predicted molar refractivity (Wildman–Crippen MR) is 110 cm³/mol. The minimum Gasteiger partial charge on any atom is -0.493 e. The van der Waals surface area contributed by atoms with Gasteiger partial charge in [0, 0.05) is 33.3 Å². The summed E-state index contributed by atoms with van der Waals surface area (Å²) in [5, 5.41) is 20.5. The van der Waals surface area contributed by atoms with Crippen molar-refractivity contribution in [2.45, 2.75) is 6.92 Å². The Kier molecular flexibility index (Phi) is 5.57. The summed E-state index contributed by atoms with van der Waals surface area (Å²) < 4.78 is 6.53. The van der Waals surface area contributed by atoms with Gasteiger partial charge in [-0.3, -0.25) is 10.1 Å². The molecular weight excluding hydrogens is 424 g/mol. The van der Waals surface area contributed by atoms with Crippen LogP contribution in [0.15, 0.2) is 53.0 Å². The zero-order valence-electron chi connectivity index (χ0n) is 14.8. The van der Waals surface area contributed by atoms with Crippen LogP contribution in [-0.2, 0) is 0 Å². The van der Waals surface area contributed by atoms with Crippen LogP contribution in [0.1, 0.15) is 12.5 Å². The number of rotatable bonds is 5. The molecule has 2 aromatic carbocycles. The zero-order valence-corrected chi connectivity index (χ0v) is 16.4. The number of nitriles is 1. The van der Waals surface area contributed by atoms with Crippen molar-refractivity contribution in [1.82, 2.24) is 4.98 Å². The average molecular weight is 439 g/mol. The second kappa shape index (κ2) is 8.06. The fraction of sp³-hybridized carbons (Fsp3) is 0.100. The van der Waals surface area contributed by atoms with E-state index in [9.17, 15) is 15.4 Å². The highest BCUT2D eigenvalue weighted by atomic mass is 79.9. The molecule has 0 spiro atoms. The van der Waals surface area contributed by atoms with Crippen molar-refractivity contribution in [1.29, 1.82) is 5.26 Å².